The Balaban J connectivity index is 1.61. The van der Waals surface area contributed by atoms with E-state index in [1.165, 1.54) is 0 Å². The number of hydrogen-bond acceptors (Lipinski definition) is 7. The number of carbonyl (C=O) groups excluding carboxylic acids is 2. The SMILES string of the molecule is C=C(Oc1ccccc1N=Nc1ccc(NC(=O)CNC(=O)c2ccccc2)nc1N)C(C)C. The van der Waals surface area contributed by atoms with Crippen LogP contribution in [0.15, 0.2) is 89.3 Å². The van der Waals surface area contributed by atoms with Gasteiger partial charge >= 0.3 is 0 Å². The number of pyridine rings is 1. The van der Waals surface area contributed by atoms with Crippen LogP contribution < -0.4 is 21.1 Å². The van der Waals surface area contributed by atoms with Gasteiger partial charge in [-0.15, -0.1) is 10.2 Å². The van der Waals surface area contributed by atoms with Gasteiger partial charge in [0.1, 0.15) is 17.2 Å². The van der Waals surface area contributed by atoms with E-state index in [-0.39, 0.29) is 30.0 Å². The minimum atomic E-state index is -0.443. The Morgan fingerprint density at radius 2 is 1.68 bits per heavy atom. The number of aromatic nitrogens is 1. The van der Waals surface area contributed by atoms with Crippen LogP contribution in [-0.2, 0) is 4.79 Å². The molecule has 2 aromatic carbocycles. The number of hydrogen-bond donors (Lipinski definition) is 3. The standard InChI is InChI=1S/C25H26N6O3/c1-16(2)17(3)34-21-12-8-7-11-19(21)30-31-20-13-14-22(29-24(20)26)28-23(32)15-27-25(33)18-9-5-4-6-10-18/h4-14,16H,3,15H2,1-2H3,(H,27,33)(H3,26,28,29,32). The van der Waals surface area contributed by atoms with Gasteiger partial charge in [0.15, 0.2) is 11.6 Å². The number of nitrogen functional groups attached to an aromatic ring is 1. The predicted molar refractivity (Wildman–Crippen MR) is 131 cm³/mol. The summed E-state index contributed by atoms with van der Waals surface area (Å²) in [5.41, 5.74) is 7.29. The number of nitrogens with zero attached hydrogens (tertiary/aromatic N) is 3. The number of nitrogens with two attached hydrogens (primary N) is 1. The minimum Gasteiger partial charge on any atom is -0.460 e. The van der Waals surface area contributed by atoms with Gasteiger partial charge in [0.2, 0.25) is 5.91 Å². The third-order valence-electron chi connectivity index (χ3n) is 4.63. The molecular formula is C25H26N6O3. The van der Waals surface area contributed by atoms with Gasteiger partial charge in [-0.25, -0.2) is 4.98 Å². The molecule has 9 heteroatoms. The monoisotopic (exact) mass is 458 g/mol. The highest BCUT2D eigenvalue weighted by atomic mass is 16.5. The molecule has 174 valence electrons. The molecule has 34 heavy (non-hydrogen) atoms. The lowest BCUT2D eigenvalue weighted by molar-refractivity contribution is -0.115. The zero-order chi connectivity index (χ0) is 24.5. The fraction of sp³-hybridized carbons (Fsp3) is 0.160. The van der Waals surface area contributed by atoms with E-state index >= 15 is 0 Å². The number of para-hydroxylation sites is 1. The van der Waals surface area contributed by atoms with E-state index in [1.54, 1.807) is 54.6 Å². The molecule has 4 N–H and O–H groups in total. The van der Waals surface area contributed by atoms with E-state index in [0.717, 1.165) is 0 Å². The largest absolute Gasteiger partial charge is 0.460 e. The molecule has 0 fully saturated rings. The maximum Gasteiger partial charge on any atom is 0.251 e. The Morgan fingerprint density at radius 3 is 2.38 bits per heavy atom. The first kappa shape index (κ1) is 24.1. The van der Waals surface area contributed by atoms with Crippen LogP contribution in [0.4, 0.5) is 23.0 Å². The summed E-state index contributed by atoms with van der Waals surface area (Å²) >= 11 is 0. The van der Waals surface area contributed by atoms with E-state index < -0.39 is 5.91 Å². The summed E-state index contributed by atoms with van der Waals surface area (Å²) in [5, 5.41) is 13.5. The van der Waals surface area contributed by atoms with Crippen molar-refractivity contribution in [3.05, 3.63) is 84.6 Å². The molecule has 0 bridgehead atoms. The van der Waals surface area contributed by atoms with Gasteiger partial charge in [-0.2, -0.15) is 0 Å². The molecule has 9 nitrogen and oxygen atoms in total. The van der Waals surface area contributed by atoms with Gasteiger partial charge in [0.25, 0.3) is 5.91 Å². The highest BCUT2D eigenvalue weighted by molar-refractivity contribution is 5.99. The summed E-state index contributed by atoms with van der Waals surface area (Å²) in [4.78, 5) is 28.3. The summed E-state index contributed by atoms with van der Waals surface area (Å²) in [6, 6.07) is 18.9. The Labute approximate surface area is 197 Å². The second kappa shape index (κ2) is 11.4. The smallest absolute Gasteiger partial charge is 0.251 e. The summed E-state index contributed by atoms with van der Waals surface area (Å²) in [6.07, 6.45) is 0. The predicted octanol–water partition coefficient (Wildman–Crippen LogP) is 5.00. The minimum absolute atomic E-state index is 0.0832. The van der Waals surface area contributed by atoms with Gasteiger partial charge in [-0.1, -0.05) is 50.8 Å². The second-order valence-electron chi connectivity index (χ2n) is 7.59. The highest BCUT2D eigenvalue weighted by Gasteiger charge is 2.11. The van der Waals surface area contributed by atoms with Crippen LogP contribution in [-0.4, -0.2) is 23.3 Å². The number of anilines is 2. The van der Waals surface area contributed by atoms with E-state index in [0.29, 0.717) is 28.4 Å². The number of benzene rings is 2. The van der Waals surface area contributed by atoms with Crippen LogP contribution in [0.2, 0.25) is 0 Å². The molecule has 1 heterocycles. The van der Waals surface area contributed by atoms with Crippen molar-refractivity contribution in [3.8, 4) is 5.75 Å². The Morgan fingerprint density at radius 1 is 1.00 bits per heavy atom. The fourth-order valence-corrected chi connectivity index (χ4v) is 2.65. The van der Waals surface area contributed by atoms with Crippen molar-refractivity contribution in [2.24, 2.45) is 16.1 Å². The van der Waals surface area contributed by atoms with Gasteiger partial charge < -0.3 is 21.1 Å². The van der Waals surface area contributed by atoms with Crippen LogP contribution in [0.3, 0.4) is 0 Å². The third-order valence-corrected chi connectivity index (χ3v) is 4.63. The van der Waals surface area contributed by atoms with Crippen molar-refractivity contribution < 1.29 is 14.3 Å². The van der Waals surface area contributed by atoms with E-state index in [2.05, 4.69) is 32.4 Å². The van der Waals surface area contributed by atoms with Crippen LogP contribution in [0.1, 0.15) is 24.2 Å². The Kier molecular flexibility index (Phi) is 8.07. The maximum atomic E-state index is 12.2. The lowest BCUT2D eigenvalue weighted by Crippen LogP contribution is -2.33. The second-order valence-corrected chi connectivity index (χ2v) is 7.59. The normalized spacial score (nSPS) is 10.8. The zero-order valence-corrected chi connectivity index (χ0v) is 19.0. The van der Waals surface area contributed by atoms with Crippen LogP contribution in [0, 0.1) is 5.92 Å². The molecular weight excluding hydrogens is 432 g/mol. The van der Waals surface area contributed by atoms with Gasteiger partial charge in [0, 0.05) is 11.5 Å². The highest BCUT2D eigenvalue weighted by Crippen LogP contribution is 2.32. The van der Waals surface area contributed by atoms with E-state index in [9.17, 15) is 9.59 Å². The number of carbonyl (C=O) groups is 2. The molecule has 1 aromatic heterocycles. The first-order chi connectivity index (χ1) is 16.3. The summed E-state index contributed by atoms with van der Waals surface area (Å²) in [5.74, 6) is 0.815. The average molecular weight is 459 g/mol. The number of ether oxygens (including phenoxy) is 1. The van der Waals surface area contributed by atoms with Crippen molar-refractivity contribution in [1.29, 1.82) is 0 Å². The van der Waals surface area contributed by atoms with Crippen LogP contribution in [0.5, 0.6) is 5.75 Å². The molecule has 0 aliphatic heterocycles. The molecule has 0 atom stereocenters. The first-order valence-corrected chi connectivity index (χ1v) is 10.6. The van der Waals surface area contributed by atoms with Crippen molar-refractivity contribution in [3.63, 3.8) is 0 Å². The lowest BCUT2D eigenvalue weighted by Gasteiger charge is -2.12. The van der Waals surface area contributed by atoms with Crippen LogP contribution in [0.25, 0.3) is 0 Å². The molecule has 0 saturated carbocycles. The Hall–Kier alpha value is -4.53. The topological polar surface area (TPSA) is 131 Å². The lowest BCUT2D eigenvalue weighted by atomic mass is 10.2. The molecule has 3 aromatic rings. The van der Waals surface area contributed by atoms with E-state index in [1.807, 2.05) is 26.0 Å². The molecule has 2 amide bonds. The molecule has 0 saturated heterocycles. The van der Waals surface area contributed by atoms with Crippen molar-refractivity contribution >= 4 is 34.8 Å². The summed E-state index contributed by atoms with van der Waals surface area (Å²) in [6.45, 7) is 7.66. The van der Waals surface area contributed by atoms with Crippen molar-refractivity contribution in [2.75, 3.05) is 17.6 Å². The Bertz CT molecular complexity index is 1210. The summed E-state index contributed by atoms with van der Waals surface area (Å²) < 4.78 is 5.78. The number of amides is 2. The molecule has 0 unspecified atom stereocenters. The van der Waals surface area contributed by atoms with Gasteiger partial charge in [-0.3, -0.25) is 9.59 Å². The molecule has 0 aliphatic rings. The summed E-state index contributed by atoms with van der Waals surface area (Å²) in [7, 11) is 0. The number of rotatable bonds is 9. The molecule has 0 aliphatic carbocycles. The zero-order valence-electron chi connectivity index (χ0n) is 19.0. The first-order valence-electron chi connectivity index (χ1n) is 10.6. The molecule has 0 radical (unpaired) electrons. The molecule has 3 rings (SSSR count). The quantitative estimate of drug-likeness (QED) is 0.307. The van der Waals surface area contributed by atoms with Crippen molar-refractivity contribution in [1.82, 2.24) is 10.3 Å². The number of allylic oxidation sites excluding steroid dienone is 1. The average Bonchev–Trinajstić information content (AvgIpc) is 2.83. The van der Waals surface area contributed by atoms with Gasteiger partial charge in [0.05, 0.1) is 12.3 Å². The van der Waals surface area contributed by atoms with Crippen LogP contribution >= 0.6 is 0 Å². The van der Waals surface area contributed by atoms with Gasteiger partial charge in [-0.05, 0) is 36.4 Å². The maximum absolute atomic E-state index is 12.2. The number of azo groups is 1. The number of nitrogens with one attached hydrogen (secondary N) is 2. The fourth-order valence-electron chi connectivity index (χ4n) is 2.65. The van der Waals surface area contributed by atoms with E-state index in [4.69, 9.17) is 10.5 Å². The molecule has 0 spiro atoms. The third kappa shape index (κ3) is 6.73. The van der Waals surface area contributed by atoms with Crippen molar-refractivity contribution in [2.45, 2.75) is 13.8 Å².